The predicted molar refractivity (Wildman–Crippen MR) is 77.8 cm³/mol. The first kappa shape index (κ1) is 14.3. The Balaban J connectivity index is 1.99. The smallest absolute Gasteiger partial charge is 0.265 e. The first-order chi connectivity index (χ1) is 9.26. The molecule has 0 spiro atoms. The highest BCUT2D eigenvalue weighted by Crippen LogP contribution is 2.28. The first-order valence-corrected chi connectivity index (χ1v) is 7.76. The van der Waals surface area contributed by atoms with E-state index in [4.69, 9.17) is 10.5 Å². The lowest BCUT2D eigenvalue weighted by Gasteiger charge is -2.30. The van der Waals surface area contributed by atoms with Crippen LogP contribution in [0.15, 0.2) is 11.4 Å². The quantitative estimate of drug-likeness (QED) is 0.871. The van der Waals surface area contributed by atoms with Gasteiger partial charge in [0.25, 0.3) is 5.91 Å². The number of ether oxygens (including phenoxy) is 1. The first-order valence-electron chi connectivity index (χ1n) is 6.88. The summed E-state index contributed by atoms with van der Waals surface area (Å²) in [5.74, 6) is 1.10. The molecule has 2 rings (SSSR count). The Hall–Kier alpha value is -1.07. The van der Waals surface area contributed by atoms with Crippen molar-refractivity contribution in [3.63, 3.8) is 0 Å². The van der Waals surface area contributed by atoms with E-state index in [1.54, 1.807) is 7.11 Å². The van der Waals surface area contributed by atoms with E-state index in [0.29, 0.717) is 23.1 Å². The van der Waals surface area contributed by atoms with Crippen molar-refractivity contribution in [2.75, 3.05) is 13.7 Å². The summed E-state index contributed by atoms with van der Waals surface area (Å²) in [5, 5.41) is 4.95. The molecule has 1 amide bonds. The molecular weight excluding hydrogens is 260 g/mol. The molecule has 5 heteroatoms. The topological polar surface area (TPSA) is 64.3 Å². The maximum absolute atomic E-state index is 12.3. The number of thiophene rings is 1. The molecule has 3 N–H and O–H groups in total. The van der Waals surface area contributed by atoms with Crippen molar-refractivity contribution in [2.45, 2.75) is 38.1 Å². The number of rotatable bonds is 5. The molecule has 0 saturated heterocycles. The van der Waals surface area contributed by atoms with Gasteiger partial charge in [-0.1, -0.05) is 19.3 Å². The minimum atomic E-state index is -0.0622. The van der Waals surface area contributed by atoms with Crippen LogP contribution in [0.3, 0.4) is 0 Å². The predicted octanol–water partition coefficient (Wildman–Crippen LogP) is 2.39. The molecule has 1 saturated carbocycles. The minimum Gasteiger partial charge on any atom is -0.495 e. The van der Waals surface area contributed by atoms with Crippen LogP contribution < -0.4 is 15.8 Å². The molecule has 1 heterocycles. The maximum Gasteiger partial charge on any atom is 0.265 e. The van der Waals surface area contributed by atoms with E-state index >= 15 is 0 Å². The molecule has 0 radical (unpaired) electrons. The molecule has 4 nitrogen and oxygen atoms in total. The highest BCUT2D eigenvalue weighted by Gasteiger charge is 2.25. The fourth-order valence-electron chi connectivity index (χ4n) is 2.76. The van der Waals surface area contributed by atoms with E-state index in [1.807, 2.05) is 11.4 Å². The molecular formula is C14H22N2O2S. The Labute approximate surface area is 118 Å². The summed E-state index contributed by atoms with van der Waals surface area (Å²) >= 11 is 1.40. The third-order valence-electron chi connectivity index (χ3n) is 3.84. The van der Waals surface area contributed by atoms with Gasteiger partial charge in [-0.3, -0.25) is 4.79 Å². The number of nitrogens with two attached hydrogens (primary N) is 1. The van der Waals surface area contributed by atoms with Gasteiger partial charge in [-0.25, -0.2) is 0 Å². The summed E-state index contributed by atoms with van der Waals surface area (Å²) in [4.78, 5) is 12.9. The number of methoxy groups -OCH3 is 1. The molecule has 1 fully saturated rings. The van der Waals surface area contributed by atoms with E-state index in [2.05, 4.69) is 5.32 Å². The Kier molecular flexibility index (Phi) is 5.22. The molecule has 19 heavy (non-hydrogen) atoms. The van der Waals surface area contributed by atoms with Gasteiger partial charge >= 0.3 is 0 Å². The van der Waals surface area contributed by atoms with Crippen LogP contribution in [0.25, 0.3) is 0 Å². The second-order valence-corrected chi connectivity index (χ2v) is 5.95. The Morgan fingerprint density at radius 1 is 1.53 bits per heavy atom. The van der Waals surface area contributed by atoms with Crippen LogP contribution in [0.2, 0.25) is 0 Å². The van der Waals surface area contributed by atoms with E-state index in [0.717, 1.165) is 0 Å². The van der Waals surface area contributed by atoms with Gasteiger partial charge in [-0.2, -0.15) is 0 Å². The Morgan fingerprint density at radius 2 is 2.26 bits per heavy atom. The molecule has 1 aromatic heterocycles. The number of carbonyl (C=O) groups is 1. The fraction of sp³-hybridized carbons (Fsp3) is 0.643. The second kappa shape index (κ2) is 6.91. The third kappa shape index (κ3) is 3.48. The summed E-state index contributed by atoms with van der Waals surface area (Å²) < 4.78 is 5.19. The zero-order valence-corrected chi connectivity index (χ0v) is 12.2. The number of carbonyl (C=O) groups excluding carboxylic acids is 1. The van der Waals surface area contributed by atoms with Crippen molar-refractivity contribution in [1.82, 2.24) is 5.32 Å². The number of hydrogen-bond acceptors (Lipinski definition) is 4. The number of nitrogens with one attached hydrogen (secondary N) is 1. The average Bonchev–Trinajstić information content (AvgIpc) is 2.94. The van der Waals surface area contributed by atoms with Crippen LogP contribution in [0, 0.1) is 5.92 Å². The van der Waals surface area contributed by atoms with Gasteiger partial charge in [0, 0.05) is 12.6 Å². The summed E-state index contributed by atoms with van der Waals surface area (Å²) in [7, 11) is 1.58. The zero-order valence-electron chi connectivity index (χ0n) is 11.4. The SMILES string of the molecule is COc1ccsc1C(=O)NC(CN)C1CCCCC1. The van der Waals surface area contributed by atoms with Crippen LogP contribution in [0.1, 0.15) is 41.8 Å². The van der Waals surface area contributed by atoms with Crippen molar-refractivity contribution in [1.29, 1.82) is 0 Å². The van der Waals surface area contributed by atoms with Crippen molar-refractivity contribution in [3.05, 3.63) is 16.3 Å². The van der Waals surface area contributed by atoms with Gasteiger partial charge < -0.3 is 15.8 Å². The fourth-order valence-corrected chi connectivity index (χ4v) is 3.52. The van der Waals surface area contributed by atoms with E-state index in [1.165, 1.54) is 43.4 Å². The average molecular weight is 282 g/mol. The van der Waals surface area contributed by atoms with Crippen LogP contribution >= 0.6 is 11.3 Å². The lowest BCUT2D eigenvalue weighted by molar-refractivity contribution is 0.0917. The Morgan fingerprint density at radius 3 is 2.89 bits per heavy atom. The Bertz CT molecular complexity index is 413. The summed E-state index contributed by atoms with van der Waals surface area (Å²) in [6.07, 6.45) is 6.15. The second-order valence-electron chi connectivity index (χ2n) is 5.03. The van der Waals surface area contributed by atoms with Crippen molar-refractivity contribution in [3.8, 4) is 5.75 Å². The molecule has 0 aliphatic heterocycles. The van der Waals surface area contributed by atoms with Crippen LogP contribution in [-0.4, -0.2) is 25.6 Å². The zero-order chi connectivity index (χ0) is 13.7. The van der Waals surface area contributed by atoms with Crippen molar-refractivity contribution in [2.24, 2.45) is 11.7 Å². The van der Waals surface area contributed by atoms with E-state index in [9.17, 15) is 4.79 Å². The van der Waals surface area contributed by atoms with E-state index < -0.39 is 0 Å². The van der Waals surface area contributed by atoms with Crippen molar-refractivity contribution >= 4 is 17.2 Å². The molecule has 1 aliphatic rings. The van der Waals surface area contributed by atoms with Gasteiger partial charge in [0.15, 0.2) is 0 Å². The summed E-state index contributed by atoms with van der Waals surface area (Å²) in [6.45, 7) is 0.504. The van der Waals surface area contributed by atoms with Gasteiger partial charge in [0.05, 0.1) is 7.11 Å². The molecule has 0 aromatic carbocycles. The third-order valence-corrected chi connectivity index (χ3v) is 4.74. The molecule has 1 aliphatic carbocycles. The van der Waals surface area contributed by atoms with Crippen LogP contribution in [-0.2, 0) is 0 Å². The van der Waals surface area contributed by atoms with E-state index in [-0.39, 0.29) is 11.9 Å². The maximum atomic E-state index is 12.3. The standard InChI is InChI=1S/C14H22N2O2S/c1-18-12-7-8-19-13(12)14(17)16-11(9-15)10-5-3-2-4-6-10/h7-8,10-11H,2-6,9,15H2,1H3,(H,16,17). The van der Waals surface area contributed by atoms with Gasteiger partial charge in [0.1, 0.15) is 10.6 Å². The normalized spacial score (nSPS) is 18.0. The molecule has 1 unspecified atom stereocenters. The summed E-state index contributed by atoms with van der Waals surface area (Å²) in [6, 6.07) is 1.90. The minimum absolute atomic E-state index is 0.0622. The molecule has 1 atom stereocenters. The van der Waals surface area contributed by atoms with Crippen molar-refractivity contribution < 1.29 is 9.53 Å². The highest BCUT2D eigenvalue weighted by atomic mass is 32.1. The van der Waals surface area contributed by atoms with Gasteiger partial charge in [0.2, 0.25) is 0 Å². The van der Waals surface area contributed by atoms with Gasteiger partial charge in [-0.15, -0.1) is 11.3 Å². The highest BCUT2D eigenvalue weighted by molar-refractivity contribution is 7.12. The number of amides is 1. The van der Waals surface area contributed by atoms with Crippen LogP contribution in [0.4, 0.5) is 0 Å². The lowest BCUT2D eigenvalue weighted by Crippen LogP contribution is -2.45. The largest absolute Gasteiger partial charge is 0.495 e. The molecule has 0 bridgehead atoms. The monoisotopic (exact) mass is 282 g/mol. The lowest BCUT2D eigenvalue weighted by atomic mass is 9.84. The number of hydrogen-bond donors (Lipinski definition) is 2. The molecule has 1 aromatic rings. The van der Waals surface area contributed by atoms with Crippen LogP contribution in [0.5, 0.6) is 5.75 Å². The summed E-state index contributed by atoms with van der Waals surface area (Å²) in [5.41, 5.74) is 5.83. The molecule has 106 valence electrons. The van der Waals surface area contributed by atoms with Gasteiger partial charge in [-0.05, 0) is 30.2 Å².